The number of hydrogen-bond donors (Lipinski definition) is 0. The molecule has 0 aliphatic carbocycles. The van der Waals surface area contributed by atoms with Gasteiger partial charge in [0.05, 0.1) is 31.1 Å². The predicted molar refractivity (Wildman–Crippen MR) is 86.5 cm³/mol. The van der Waals surface area contributed by atoms with Gasteiger partial charge in [-0.3, -0.25) is 0 Å². The first-order valence-corrected chi connectivity index (χ1v) is 7.87. The summed E-state index contributed by atoms with van der Waals surface area (Å²) in [7, 11) is 0. The minimum atomic E-state index is -2.67. The van der Waals surface area contributed by atoms with Crippen molar-refractivity contribution in [2.75, 3.05) is 24.6 Å². The van der Waals surface area contributed by atoms with Gasteiger partial charge in [0.2, 0.25) is 0 Å². The van der Waals surface area contributed by atoms with E-state index in [2.05, 4.69) is 26.1 Å². The summed E-state index contributed by atoms with van der Waals surface area (Å²) in [6.07, 6.45) is -0.279. The van der Waals surface area contributed by atoms with E-state index in [1.54, 1.807) is 6.07 Å². The molecule has 1 fully saturated rings. The quantitative estimate of drug-likeness (QED) is 0.706. The van der Waals surface area contributed by atoms with Gasteiger partial charge in [-0.05, 0) is 12.1 Å². The van der Waals surface area contributed by atoms with Crippen molar-refractivity contribution in [3.63, 3.8) is 0 Å². The van der Waals surface area contributed by atoms with Crippen LogP contribution in [0.1, 0.15) is 12.1 Å². The number of fused-ring (bicyclic) bond motifs is 1. The van der Waals surface area contributed by atoms with Crippen LogP contribution in [0.4, 0.5) is 14.6 Å². The van der Waals surface area contributed by atoms with E-state index in [-0.39, 0.29) is 5.69 Å². The maximum absolute atomic E-state index is 12.9. The molecule has 1 unspecified atom stereocenters. The molecule has 3 aromatic rings. The van der Waals surface area contributed by atoms with Crippen LogP contribution in [0.5, 0.6) is 0 Å². The SMILES string of the molecule is N#CC1CN(c2cc(-c3cnc4ccc(C(F)F)nn34)ncn2)CCO1. The molecule has 1 aliphatic rings. The van der Waals surface area contributed by atoms with E-state index in [4.69, 9.17) is 10.00 Å². The first kappa shape index (κ1) is 16.3. The largest absolute Gasteiger partial charge is 0.360 e. The van der Waals surface area contributed by atoms with Gasteiger partial charge in [0.1, 0.15) is 23.5 Å². The minimum Gasteiger partial charge on any atom is -0.360 e. The highest BCUT2D eigenvalue weighted by Gasteiger charge is 2.22. The van der Waals surface area contributed by atoms with Crippen molar-refractivity contribution in [2.24, 2.45) is 0 Å². The van der Waals surface area contributed by atoms with E-state index in [1.807, 2.05) is 4.90 Å². The van der Waals surface area contributed by atoms with Crippen LogP contribution in [0.2, 0.25) is 0 Å². The van der Waals surface area contributed by atoms with Crippen LogP contribution < -0.4 is 4.90 Å². The number of halogens is 2. The Kier molecular flexibility index (Phi) is 4.14. The molecular formula is C16H13F2N7O. The fourth-order valence-corrected chi connectivity index (χ4v) is 2.77. The highest BCUT2D eigenvalue weighted by atomic mass is 19.3. The smallest absolute Gasteiger partial charge is 0.282 e. The molecule has 8 nitrogen and oxygen atoms in total. The Bertz CT molecular complexity index is 984. The number of nitrogens with zero attached hydrogens (tertiary/aromatic N) is 7. The first-order valence-electron chi connectivity index (χ1n) is 7.87. The Labute approximate surface area is 146 Å². The molecular weight excluding hydrogens is 344 g/mol. The van der Waals surface area contributed by atoms with Crippen molar-refractivity contribution in [3.05, 3.63) is 36.4 Å². The maximum atomic E-state index is 12.9. The van der Waals surface area contributed by atoms with Crippen LogP contribution in [-0.4, -0.2) is 50.4 Å². The number of nitriles is 1. The Balaban J connectivity index is 1.72. The monoisotopic (exact) mass is 357 g/mol. The van der Waals surface area contributed by atoms with Crippen molar-refractivity contribution < 1.29 is 13.5 Å². The van der Waals surface area contributed by atoms with Crippen molar-refractivity contribution >= 4 is 11.5 Å². The number of imidazole rings is 1. The second kappa shape index (κ2) is 6.61. The van der Waals surface area contributed by atoms with Gasteiger partial charge in [0.25, 0.3) is 6.43 Å². The maximum Gasteiger partial charge on any atom is 0.282 e. The van der Waals surface area contributed by atoms with E-state index in [0.717, 1.165) is 0 Å². The highest BCUT2D eigenvalue weighted by molar-refractivity contribution is 5.62. The standard InChI is InChI=1S/C16H13F2N7O/c17-16(18)11-1-2-14-20-7-13(25(14)23-11)12-5-15(22-9-21-12)24-3-4-26-10(6-19)8-24/h1-2,5,7,9-10,16H,3-4,8H2. The summed E-state index contributed by atoms with van der Waals surface area (Å²) < 4.78 is 32.6. The normalized spacial score (nSPS) is 17.6. The lowest BCUT2D eigenvalue weighted by Gasteiger charge is -2.30. The number of anilines is 1. The predicted octanol–water partition coefficient (Wildman–Crippen LogP) is 1.85. The van der Waals surface area contributed by atoms with Crippen LogP contribution in [-0.2, 0) is 4.74 Å². The zero-order valence-corrected chi connectivity index (χ0v) is 13.5. The molecule has 0 aromatic carbocycles. The summed E-state index contributed by atoms with van der Waals surface area (Å²) in [5.74, 6) is 0.624. The second-order valence-electron chi connectivity index (χ2n) is 5.67. The summed E-state index contributed by atoms with van der Waals surface area (Å²) in [6.45, 7) is 1.41. The minimum absolute atomic E-state index is 0.337. The fraction of sp³-hybridized carbons (Fsp3) is 0.312. The number of rotatable bonds is 3. The van der Waals surface area contributed by atoms with Crippen molar-refractivity contribution in [1.29, 1.82) is 5.26 Å². The molecule has 10 heteroatoms. The van der Waals surface area contributed by atoms with Gasteiger partial charge in [-0.15, -0.1) is 0 Å². The second-order valence-corrected chi connectivity index (χ2v) is 5.67. The summed E-state index contributed by atoms with van der Waals surface area (Å²) in [6, 6.07) is 6.54. The molecule has 0 amide bonds. The van der Waals surface area contributed by atoms with Crippen LogP contribution in [0.25, 0.3) is 17.0 Å². The first-order chi connectivity index (χ1) is 12.7. The molecule has 1 saturated heterocycles. The van der Waals surface area contributed by atoms with Crippen LogP contribution in [0.3, 0.4) is 0 Å². The third kappa shape index (κ3) is 2.93. The lowest BCUT2D eigenvalue weighted by Crippen LogP contribution is -2.42. The molecule has 0 N–H and O–H groups in total. The fourth-order valence-electron chi connectivity index (χ4n) is 2.77. The van der Waals surface area contributed by atoms with E-state index in [9.17, 15) is 8.78 Å². The number of alkyl halides is 2. The van der Waals surface area contributed by atoms with E-state index < -0.39 is 12.5 Å². The molecule has 4 rings (SSSR count). The summed E-state index contributed by atoms with van der Waals surface area (Å²) in [4.78, 5) is 14.6. The molecule has 1 atom stereocenters. The van der Waals surface area contributed by atoms with Gasteiger partial charge in [0.15, 0.2) is 11.8 Å². The van der Waals surface area contributed by atoms with Gasteiger partial charge in [-0.25, -0.2) is 28.2 Å². The summed E-state index contributed by atoms with van der Waals surface area (Å²) >= 11 is 0. The molecule has 1 aliphatic heterocycles. The third-order valence-electron chi connectivity index (χ3n) is 4.06. The zero-order valence-electron chi connectivity index (χ0n) is 13.5. The Morgan fingerprint density at radius 3 is 2.96 bits per heavy atom. The number of aromatic nitrogens is 5. The highest BCUT2D eigenvalue weighted by Crippen LogP contribution is 2.24. The Hall–Kier alpha value is -3.19. The summed E-state index contributed by atoms with van der Waals surface area (Å²) in [5, 5.41) is 13.0. The topological polar surface area (TPSA) is 92.2 Å². The van der Waals surface area contributed by atoms with Gasteiger partial charge in [-0.1, -0.05) is 0 Å². The van der Waals surface area contributed by atoms with Crippen LogP contribution >= 0.6 is 0 Å². The molecule has 0 spiro atoms. The van der Waals surface area contributed by atoms with Gasteiger partial charge in [0, 0.05) is 12.6 Å². The molecule has 26 heavy (non-hydrogen) atoms. The van der Waals surface area contributed by atoms with E-state index in [1.165, 1.54) is 29.2 Å². The zero-order chi connectivity index (χ0) is 18.1. The van der Waals surface area contributed by atoms with Gasteiger partial charge < -0.3 is 9.64 Å². The van der Waals surface area contributed by atoms with Gasteiger partial charge in [-0.2, -0.15) is 10.4 Å². The van der Waals surface area contributed by atoms with E-state index in [0.29, 0.717) is 42.5 Å². The molecule has 3 aromatic heterocycles. The lowest BCUT2D eigenvalue weighted by atomic mass is 10.2. The third-order valence-corrected chi connectivity index (χ3v) is 4.06. The lowest BCUT2D eigenvalue weighted by molar-refractivity contribution is 0.0761. The average molecular weight is 357 g/mol. The Morgan fingerprint density at radius 1 is 1.27 bits per heavy atom. The average Bonchev–Trinajstić information content (AvgIpc) is 3.11. The van der Waals surface area contributed by atoms with Crippen LogP contribution in [0.15, 0.2) is 30.7 Å². The molecule has 0 bridgehead atoms. The number of ether oxygens (including phenoxy) is 1. The molecule has 4 heterocycles. The molecule has 0 radical (unpaired) electrons. The molecule has 0 saturated carbocycles. The van der Waals surface area contributed by atoms with E-state index >= 15 is 0 Å². The molecule has 132 valence electrons. The number of morpholine rings is 1. The number of hydrogen-bond acceptors (Lipinski definition) is 7. The van der Waals surface area contributed by atoms with Crippen molar-refractivity contribution in [1.82, 2.24) is 24.6 Å². The van der Waals surface area contributed by atoms with Crippen molar-refractivity contribution in [3.8, 4) is 17.5 Å². The summed E-state index contributed by atoms with van der Waals surface area (Å²) in [5.41, 5.74) is 1.09. The van der Waals surface area contributed by atoms with Crippen molar-refractivity contribution in [2.45, 2.75) is 12.5 Å². The Morgan fingerprint density at radius 2 is 2.15 bits per heavy atom. The van der Waals surface area contributed by atoms with Gasteiger partial charge >= 0.3 is 0 Å². The van der Waals surface area contributed by atoms with Crippen LogP contribution in [0, 0.1) is 11.3 Å².